The van der Waals surface area contributed by atoms with E-state index in [2.05, 4.69) is 10.3 Å². The van der Waals surface area contributed by atoms with Crippen LogP contribution >= 0.6 is 0 Å². The molecule has 0 aromatic carbocycles. The van der Waals surface area contributed by atoms with Crippen molar-refractivity contribution < 1.29 is 5.11 Å². The Morgan fingerprint density at radius 2 is 2.27 bits per heavy atom. The van der Waals surface area contributed by atoms with Gasteiger partial charge in [0, 0.05) is 25.9 Å². The predicted molar refractivity (Wildman–Crippen MR) is 58.6 cm³/mol. The highest BCUT2D eigenvalue weighted by Crippen LogP contribution is 2.23. The lowest BCUT2D eigenvalue weighted by Crippen LogP contribution is -2.42. The van der Waals surface area contributed by atoms with Gasteiger partial charge in [-0.3, -0.25) is 0 Å². The number of imidazole rings is 1. The van der Waals surface area contributed by atoms with E-state index in [-0.39, 0.29) is 0 Å². The van der Waals surface area contributed by atoms with Gasteiger partial charge in [0.1, 0.15) is 5.82 Å². The maximum absolute atomic E-state index is 10.3. The lowest BCUT2D eigenvalue weighted by Gasteiger charge is -2.32. The molecular formula is C11H19N3O. The lowest BCUT2D eigenvalue weighted by molar-refractivity contribution is 0.00227. The molecule has 0 saturated carbocycles. The van der Waals surface area contributed by atoms with Crippen LogP contribution in [0.15, 0.2) is 12.4 Å². The van der Waals surface area contributed by atoms with Crippen LogP contribution in [0.3, 0.4) is 0 Å². The lowest BCUT2D eigenvalue weighted by atomic mass is 9.88. The van der Waals surface area contributed by atoms with Gasteiger partial charge in [-0.2, -0.15) is 0 Å². The highest BCUT2D eigenvalue weighted by Gasteiger charge is 2.28. The highest BCUT2D eigenvalue weighted by atomic mass is 16.3. The van der Waals surface area contributed by atoms with Gasteiger partial charge in [0.05, 0.1) is 5.60 Å². The summed E-state index contributed by atoms with van der Waals surface area (Å²) in [4.78, 5) is 4.27. The Morgan fingerprint density at radius 3 is 2.87 bits per heavy atom. The van der Waals surface area contributed by atoms with Gasteiger partial charge in [0.2, 0.25) is 0 Å². The average Bonchev–Trinajstić information content (AvgIpc) is 2.62. The Bertz CT molecular complexity index is 315. The van der Waals surface area contributed by atoms with E-state index < -0.39 is 5.60 Å². The Labute approximate surface area is 90.3 Å². The zero-order valence-electron chi connectivity index (χ0n) is 9.24. The summed E-state index contributed by atoms with van der Waals surface area (Å²) in [6.07, 6.45) is 7.15. The number of nitrogens with one attached hydrogen (secondary N) is 1. The minimum atomic E-state index is -0.475. The van der Waals surface area contributed by atoms with Crippen LogP contribution in [0.1, 0.15) is 25.1 Å². The molecule has 0 aliphatic carbocycles. The Kier molecular flexibility index (Phi) is 3.07. The summed E-state index contributed by atoms with van der Waals surface area (Å²) in [7, 11) is 1.99. The Hall–Kier alpha value is -0.870. The molecule has 1 aliphatic heterocycles. The van der Waals surface area contributed by atoms with Gasteiger partial charge in [-0.1, -0.05) is 0 Å². The van der Waals surface area contributed by atoms with Crippen LogP contribution in [0.25, 0.3) is 0 Å². The molecule has 1 aromatic rings. The molecule has 0 amide bonds. The van der Waals surface area contributed by atoms with Crippen molar-refractivity contribution in [1.82, 2.24) is 14.9 Å². The molecule has 4 heteroatoms. The van der Waals surface area contributed by atoms with Crippen molar-refractivity contribution in [2.24, 2.45) is 7.05 Å². The minimum Gasteiger partial charge on any atom is -0.390 e. The molecule has 1 saturated heterocycles. The summed E-state index contributed by atoms with van der Waals surface area (Å²) in [5, 5.41) is 13.5. The van der Waals surface area contributed by atoms with Crippen molar-refractivity contribution in [3.05, 3.63) is 18.2 Å². The zero-order chi connectivity index (χ0) is 10.7. The Balaban J connectivity index is 1.89. The number of rotatable bonds is 3. The second kappa shape index (κ2) is 4.33. The number of hydrogen-bond acceptors (Lipinski definition) is 3. The van der Waals surface area contributed by atoms with E-state index in [0.29, 0.717) is 0 Å². The fraction of sp³-hybridized carbons (Fsp3) is 0.727. The van der Waals surface area contributed by atoms with Crippen LogP contribution in [-0.2, 0) is 13.5 Å². The van der Waals surface area contributed by atoms with Crippen molar-refractivity contribution in [3.8, 4) is 0 Å². The smallest absolute Gasteiger partial charge is 0.108 e. The molecule has 0 unspecified atom stereocenters. The maximum Gasteiger partial charge on any atom is 0.108 e. The molecule has 1 aliphatic rings. The molecule has 1 aromatic heterocycles. The average molecular weight is 209 g/mol. The maximum atomic E-state index is 10.3. The van der Waals surface area contributed by atoms with Crippen molar-refractivity contribution in [1.29, 1.82) is 0 Å². The predicted octanol–water partition coefficient (Wildman–Crippen LogP) is 0.467. The molecule has 0 radical (unpaired) electrons. The molecule has 84 valence electrons. The molecular weight excluding hydrogens is 190 g/mol. The van der Waals surface area contributed by atoms with Gasteiger partial charge in [0.15, 0.2) is 0 Å². The number of aromatic nitrogens is 2. The summed E-state index contributed by atoms with van der Waals surface area (Å²) in [6.45, 7) is 1.86. The third kappa shape index (κ3) is 2.58. The van der Waals surface area contributed by atoms with Crippen LogP contribution in [0.4, 0.5) is 0 Å². The third-order valence-electron chi connectivity index (χ3n) is 3.27. The highest BCUT2D eigenvalue weighted by molar-refractivity contribution is 4.94. The fourth-order valence-corrected chi connectivity index (χ4v) is 2.12. The normalized spacial score (nSPS) is 20.4. The first-order chi connectivity index (χ1) is 7.20. The van der Waals surface area contributed by atoms with Gasteiger partial charge in [-0.25, -0.2) is 4.98 Å². The molecule has 2 rings (SSSR count). The van der Waals surface area contributed by atoms with Crippen molar-refractivity contribution in [2.75, 3.05) is 13.1 Å². The van der Waals surface area contributed by atoms with E-state index in [1.807, 2.05) is 24.0 Å². The van der Waals surface area contributed by atoms with Gasteiger partial charge < -0.3 is 15.0 Å². The van der Waals surface area contributed by atoms with Crippen LogP contribution in [0, 0.1) is 0 Å². The van der Waals surface area contributed by atoms with Gasteiger partial charge in [-0.15, -0.1) is 0 Å². The van der Waals surface area contributed by atoms with E-state index in [0.717, 1.165) is 44.6 Å². The first-order valence-corrected chi connectivity index (χ1v) is 5.59. The number of nitrogens with zero attached hydrogens (tertiary/aromatic N) is 2. The van der Waals surface area contributed by atoms with E-state index >= 15 is 0 Å². The first kappa shape index (κ1) is 10.6. The number of aliphatic hydroxyl groups is 1. The van der Waals surface area contributed by atoms with Crippen LogP contribution in [-0.4, -0.2) is 33.3 Å². The van der Waals surface area contributed by atoms with E-state index in [4.69, 9.17) is 0 Å². The molecule has 0 atom stereocenters. The quantitative estimate of drug-likeness (QED) is 0.760. The standard InChI is InChI=1S/C11H19N3O/c1-14-9-8-13-10(14)2-3-11(15)4-6-12-7-5-11/h8-9,12,15H,2-7H2,1H3. The second-order valence-electron chi connectivity index (χ2n) is 4.43. The largest absolute Gasteiger partial charge is 0.390 e. The van der Waals surface area contributed by atoms with Gasteiger partial charge >= 0.3 is 0 Å². The summed E-state index contributed by atoms with van der Waals surface area (Å²) >= 11 is 0. The molecule has 1 fully saturated rings. The summed E-state index contributed by atoms with van der Waals surface area (Å²) in [5.74, 6) is 1.06. The number of piperidine rings is 1. The van der Waals surface area contributed by atoms with Gasteiger partial charge in [0.25, 0.3) is 0 Å². The molecule has 0 bridgehead atoms. The number of aryl methyl sites for hydroxylation is 2. The van der Waals surface area contributed by atoms with Crippen LogP contribution < -0.4 is 5.32 Å². The van der Waals surface area contributed by atoms with E-state index in [1.54, 1.807) is 0 Å². The summed E-state index contributed by atoms with van der Waals surface area (Å²) in [6, 6.07) is 0. The molecule has 4 nitrogen and oxygen atoms in total. The molecule has 2 heterocycles. The van der Waals surface area contributed by atoms with Gasteiger partial charge in [-0.05, 0) is 32.4 Å². The van der Waals surface area contributed by atoms with Crippen molar-refractivity contribution in [2.45, 2.75) is 31.3 Å². The SMILES string of the molecule is Cn1ccnc1CCC1(O)CCNCC1. The zero-order valence-corrected chi connectivity index (χ0v) is 9.24. The topological polar surface area (TPSA) is 50.1 Å². The first-order valence-electron chi connectivity index (χ1n) is 5.59. The molecule has 15 heavy (non-hydrogen) atoms. The summed E-state index contributed by atoms with van der Waals surface area (Å²) < 4.78 is 2.02. The van der Waals surface area contributed by atoms with Crippen molar-refractivity contribution in [3.63, 3.8) is 0 Å². The minimum absolute atomic E-state index is 0.475. The second-order valence-corrected chi connectivity index (χ2v) is 4.43. The Morgan fingerprint density at radius 1 is 1.53 bits per heavy atom. The monoisotopic (exact) mass is 209 g/mol. The molecule has 2 N–H and O–H groups in total. The number of hydrogen-bond donors (Lipinski definition) is 2. The molecule has 0 spiro atoms. The van der Waals surface area contributed by atoms with E-state index in [9.17, 15) is 5.11 Å². The van der Waals surface area contributed by atoms with E-state index in [1.165, 1.54) is 0 Å². The summed E-state index contributed by atoms with van der Waals surface area (Å²) in [5.41, 5.74) is -0.475. The van der Waals surface area contributed by atoms with Crippen molar-refractivity contribution >= 4 is 0 Å². The van der Waals surface area contributed by atoms with Crippen LogP contribution in [0.5, 0.6) is 0 Å². The van der Waals surface area contributed by atoms with Crippen LogP contribution in [0.2, 0.25) is 0 Å². The third-order valence-corrected chi connectivity index (χ3v) is 3.27. The fourth-order valence-electron chi connectivity index (χ4n) is 2.12.